The molecule has 0 atom stereocenters. The van der Waals surface area contributed by atoms with E-state index in [0.717, 1.165) is 17.3 Å². The van der Waals surface area contributed by atoms with Crippen molar-refractivity contribution in [1.29, 1.82) is 0 Å². The highest BCUT2D eigenvalue weighted by atomic mass is 32.2. The molecular weight excluding hydrogens is 468 g/mol. The van der Waals surface area contributed by atoms with Crippen LogP contribution in [-0.4, -0.2) is 59.5 Å². The number of carbonyl (C=O) groups is 1. The number of hydrogen-bond donors (Lipinski definition) is 0. The number of aromatic nitrogens is 3. The van der Waals surface area contributed by atoms with Gasteiger partial charge in [0.15, 0.2) is 0 Å². The Morgan fingerprint density at radius 3 is 2.71 bits per heavy atom. The van der Waals surface area contributed by atoms with E-state index in [4.69, 9.17) is 9.47 Å². The van der Waals surface area contributed by atoms with Crippen molar-refractivity contribution >= 4 is 37.9 Å². The third kappa shape index (κ3) is 4.52. The zero-order valence-corrected chi connectivity index (χ0v) is 20.2. The number of sulfonamides is 1. The van der Waals surface area contributed by atoms with Crippen molar-refractivity contribution in [1.82, 2.24) is 18.8 Å². The lowest BCUT2D eigenvalue weighted by molar-refractivity contribution is 0.0461. The molecule has 2 aromatic heterocycles. The molecule has 0 radical (unpaired) electrons. The van der Waals surface area contributed by atoms with E-state index in [2.05, 4.69) is 9.97 Å². The number of esters is 1. The van der Waals surface area contributed by atoms with Crippen LogP contribution in [0.2, 0.25) is 0 Å². The van der Waals surface area contributed by atoms with Crippen molar-refractivity contribution in [2.45, 2.75) is 31.4 Å². The average molecular weight is 495 g/mol. The first kappa shape index (κ1) is 23.4. The molecule has 0 amide bonds. The second-order valence-electron chi connectivity index (χ2n) is 8.30. The van der Waals surface area contributed by atoms with Crippen molar-refractivity contribution in [3.63, 3.8) is 0 Å². The maximum atomic E-state index is 13.1. The van der Waals surface area contributed by atoms with E-state index in [1.165, 1.54) is 4.31 Å². The molecule has 2 aromatic carbocycles. The zero-order chi connectivity index (χ0) is 24.4. The van der Waals surface area contributed by atoms with E-state index < -0.39 is 16.0 Å². The largest absolute Gasteiger partial charge is 0.454 e. The predicted molar refractivity (Wildman–Crippen MR) is 130 cm³/mol. The van der Waals surface area contributed by atoms with Gasteiger partial charge in [-0.3, -0.25) is 4.98 Å². The van der Waals surface area contributed by atoms with Crippen molar-refractivity contribution in [3.8, 4) is 0 Å². The second-order valence-corrected chi connectivity index (χ2v) is 10.2. The quantitative estimate of drug-likeness (QED) is 0.363. The Balaban J connectivity index is 1.43. The summed E-state index contributed by atoms with van der Waals surface area (Å²) in [5, 5.41) is 0.722. The number of aryl methyl sites for hydroxylation is 1. The summed E-state index contributed by atoms with van der Waals surface area (Å²) in [6.07, 6.45) is 2.52. The second kappa shape index (κ2) is 9.73. The molecule has 182 valence electrons. The summed E-state index contributed by atoms with van der Waals surface area (Å²) in [7, 11) is -3.64. The molecule has 1 aliphatic rings. The molecule has 35 heavy (non-hydrogen) atoms. The molecule has 0 N–H and O–H groups in total. The van der Waals surface area contributed by atoms with Crippen LogP contribution in [0.25, 0.3) is 21.9 Å². The van der Waals surface area contributed by atoms with Gasteiger partial charge in [-0.15, -0.1) is 0 Å². The van der Waals surface area contributed by atoms with Crippen LogP contribution in [0, 0.1) is 0 Å². The van der Waals surface area contributed by atoms with Crippen LogP contribution in [0.3, 0.4) is 0 Å². The zero-order valence-electron chi connectivity index (χ0n) is 19.4. The van der Waals surface area contributed by atoms with Gasteiger partial charge in [0.05, 0.1) is 40.2 Å². The minimum absolute atomic E-state index is 0.0320. The third-order valence-corrected chi connectivity index (χ3v) is 7.95. The van der Waals surface area contributed by atoms with Crippen LogP contribution in [0.1, 0.15) is 29.5 Å². The fraction of sp³-hybridized carbons (Fsp3) is 0.320. The monoisotopic (exact) mass is 494 g/mol. The van der Waals surface area contributed by atoms with Crippen molar-refractivity contribution in [2.75, 3.05) is 26.3 Å². The lowest BCUT2D eigenvalue weighted by Gasteiger charge is -2.26. The summed E-state index contributed by atoms with van der Waals surface area (Å²) in [5.41, 5.74) is 2.50. The lowest BCUT2D eigenvalue weighted by atomic mass is 10.1. The van der Waals surface area contributed by atoms with Crippen molar-refractivity contribution in [3.05, 3.63) is 66.1 Å². The summed E-state index contributed by atoms with van der Waals surface area (Å²) >= 11 is 0. The number of nitrogens with zero attached hydrogens (tertiary/aromatic N) is 4. The number of ether oxygens (including phenoxy) is 2. The number of benzene rings is 2. The average Bonchev–Trinajstić information content (AvgIpc) is 3.24. The lowest BCUT2D eigenvalue weighted by Crippen LogP contribution is -2.40. The molecule has 5 rings (SSSR count). The van der Waals surface area contributed by atoms with Crippen LogP contribution in [0.4, 0.5) is 0 Å². The van der Waals surface area contributed by atoms with Crippen LogP contribution < -0.4 is 0 Å². The Kier molecular flexibility index (Phi) is 6.50. The Morgan fingerprint density at radius 1 is 1.09 bits per heavy atom. The standard InChI is InChI=1S/C25H26N4O5S/c1-2-11-29-23-9-8-18(35(31,32)28-12-14-33-15-13-28)16-22(23)27-24(29)17-34-25(30)20-5-3-7-21-19(20)6-4-10-26-21/h3-10,16H,2,11-15,17H2,1H3. The van der Waals surface area contributed by atoms with Gasteiger partial charge in [-0.2, -0.15) is 4.31 Å². The van der Waals surface area contributed by atoms with Crippen LogP contribution in [0.5, 0.6) is 0 Å². The smallest absolute Gasteiger partial charge is 0.339 e. The molecule has 1 fully saturated rings. The van der Waals surface area contributed by atoms with E-state index >= 15 is 0 Å². The number of fused-ring (bicyclic) bond motifs is 2. The molecule has 9 nitrogen and oxygen atoms in total. The summed E-state index contributed by atoms with van der Waals surface area (Å²) in [6.45, 7) is 4.10. The number of morpholine rings is 1. The Hall–Kier alpha value is -3.34. The van der Waals surface area contributed by atoms with E-state index in [1.54, 1.807) is 42.6 Å². The molecule has 0 aliphatic carbocycles. The van der Waals surface area contributed by atoms with Crippen LogP contribution in [0.15, 0.2) is 59.6 Å². The van der Waals surface area contributed by atoms with Crippen LogP contribution >= 0.6 is 0 Å². The van der Waals surface area contributed by atoms with Gasteiger partial charge in [0.1, 0.15) is 12.4 Å². The molecule has 0 saturated carbocycles. The number of rotatable bonds is 7. The summed E-state index contributed by atoms with van der Waals surface area (Å²) in [5.74, 6) is 0.101. The Labute approximate surface area is 203 Å². The van der Waals surface area contributed by atoms with Gasteiger partial charge in [-0.05, 0) is 42.8 Å². The maximum absolute atomic E-state index is 13.1. The van der Waals surface area contributed by atoms with Crippen molar-refractivity contribution in [2.24, 2.45) is 0 Å². The summed E-state index contributed by atoms with van der Waals surface area (Å²) in [4.78, 5) is 22.0. The molecule has 0 bridgehead atoms. The molecule has 10 heteroatoms. The highest BCUT2D eigenvalue weighted by Gasteiger charge is 2.27. The Morgan fingerprint density at radius 2 is 1.91 bits per heavy atom. The molecule has 1 aliphatic heterocycles. The topological polar surface area (TPSA) is 104 Å². The van der Waals surface area contributed by atoms with Gasteiger partial charge < -0.3 is 14.0 Å². The number of pyridine rings is 1. The summed E-state index contributed by atoms with van der Waals surface area (Å²) < 4.78 is 40.5. The number of hydrogen-bond acceptors (Lipinski definition) is 7. The van der Waals surface area contributed by atoms with Crippen LogP contribution in [-0.2, 0) is 32.6 Å². The maximum Gasteiger partial charge on any atom is 0.339 e. The van der Waals surface area contributed by atoms with Crippen molar-refractivity contribution < 1.29 is 22.7 Å². The van der Waals surface area contributed by atoms with Gasteiger partial charge in [-0.25, -0.2) is 18.2 Å². The molecule has 4 aromatic rings. The normalized spacial score (nSPS) is 15.0. The summed E-state index contributed by atoms with van der Waals surface area (Å²) in [6, 6.07) is 13.9. The van der Waals surface area contributed by atoms with Gasteiger partial charge in [0.25, 0.3) is 0 Å². The van der Waals surface area contributed by atoms with E-state index in [0.29, 0.717) is 55.3 Å². The fourth-order valence-electron chi connectivity index (χ4n) is 4.33. The third-order valence-electron chi connectivity index (χ3n) is 6.05. The number of carbonyl (C=O) groups excluding carboxylic acids is 1. The highest BCUT2D eigenvalue weighted by molar-refractivity contribution is 7.89. The van der Waals surface area contributed by atoms with Gasteiger partial charge in [-0.1, -0.05) is 19.1 Å². The van der Waals surface area contributed by atoms with E-state index in [9.17, 15) is 13.2 Å². The van der Waals surface area contributed by atoms with E-state index in [-0.39, 0.29) is 11.5 Å². The first-order valence-corrected chi connectivity index (χ1v) is 13.0. The van der Waals surface area contributed by atoms with Gasteiger partial charge in [0, 0.05) is 31.2 Å². The predicted octanol–water partition coefficient (Wildman–Crippen LogP) is 3.37. The number of imidazole rings is 1. The molecule has 0 spiro atoms. The van der Waals surface area contributed by atoms with E-state index in [1.807, 2.05) is 23.6 Å². The molecular formula is C25H26N4O5S. The molecule has 0 unspecified atom stereocenters. The van der Waals surface area contributed by atoms with Gasteiger partial charge in [0.2, 0.25) is 10.0 Å². The minimum atomic E-state index is -3.64. The molecule has 3 heterocycles. The Bertz CT molecular complexity index is 1490. The first-order chi connectivity index (χ1) is 17.0. The first-order valence-electron chi connectivity index (χ1n) is 11.6. The highest BCUT2D eigenvalue weighted by Crippen LogP contribution is 2.25. The minimum Gasteiger partial charge on any atom is -0.454 e. The molecule has 1 saturated heterocycles. The van der Waals surface area contributed by atoms with Gasteiger partial charge >= 0.3 is 5.97 Å². The SMILES string of the molecule is CCCn1c(COC(=O)c2cccc3ncccc23)nc2cc(S(=O)(=O)N3CCOCC3)ccc21. The fourth-order valence-corrected chi connectivity index (χ4v) is 5.76.